The highest BCUT2D eigenvalue weighted by Crippen LogP contribution is 2.37. The Balaban J connectivity index is 1.84. The number of methoxy groups -OCH3 is 1. The zero-order chi connectivity index (χ0) is 29.6. The summed E-state index contributed by atoms with van der Waals surface area (Å²) < 4.78 is 21.8. The van der Waals surface area contributed by atoms with E-state index in [0.29, 0.717) is 34.9 Å². The van der Waals surface area contributed by atoms with Crippen molar-refractivity contribution in [2.24, 2.45) is 0 Å². The number of carbonyl (C=O) groups is 1. The summed E-state index contributed by atoms with van der Waals surface area (Å²) in [6.45, 7) is 8.48. The number of fused-ring (bicyclic) bond motifs is 1. The van der Waals surface area contributed by atoms with E-state index in [1.54, 1.807) is 18.3 Å². The van der Waals surface area contributed by atoms with Gasteiger partial charge < -0.3 is 19.6 Å². The third-order valence-electron chi connectivity index (χ3n) is 7.32. The first-order chi connectivity index (χ1) is 19.5. The largest absolute Gasteiger partial charge is 0.497 e. The van der Waals surface area contributed by atoms with Crippen molar-refractivity contribution in [2.75, 3.05) is 31.6 Å². The molecule has 0 saturated carbocycles. The number of carboxylic acid groups (broad SMARTS) is 1. The maximum atomic E-state index is 15.1. The number of anilines is 1. The summed E-state index contributed by atoms with van der Waals surface area (Å²) in [6, 6.07) is 7.42. The molecule has 214 valence electrons. The Morgan fingerprint density at radius 3 is 2.61 bits per heavy atom. The van der Waals surface area contributed by atoms with E-state index in [0.717, 1.165) is 5.56 Å². The zero-order valence-corrected chi connectivity index (χ0v) is 24.1. The summed E-state index contributed by atoms with van der Waals surface area (Å²) >= 11 is 6.77. The fourth-order valence-corrected chi connectivity index (χ4v) is 5.51. The molecule has 3 aromatic heterocycles. The lowest BCUT2D eigenvalue weighted by atomic mass is 10.0. The Morgan fingerprint density at radius 2 is 1.95 bits per heavy atom. The second-order valence-electron chi connectivity index (χ2n) is 10.4. The number of nitrogens with zero attached hydrogens (tertiary/aromatic N) is 6. The molecule has 10 nitrogen and oxygen atoms in total. The van der Waals surface area contributed by atoms with Gasteiger partial charge in [0.1, 0.15) is 17.4 Å². The standard InChI is InChI=1S/C29H30ClFN6O4/c1-15(2)23-25(16(3)8-9-32-23)37-27-20(13-21(30)24(33-27)19-12-18(41-5)6-7-22(19)31)26(34-28(37)38)36-11-10-35(29(39)40)14-17(36)4/h6-9,12-13,15,17H,10-11,14H2,1-5H3,(H,39,40). The van der Waals surface area contributed by atoms with Gasteiger partial charge in [-0.05, 0) is 55.7 Å². The van der Waals surface area contributed by atoms with Gasteiger partial charge in [-0.2, -0.15) is 4.98 Å². The van der Waals surface area contributed by atoms with Gasteiger partial charge in [0.05, 0.1) is 34.6 Å². The molecule has 1 aromatic carbocycles. The number of rotatable bonds is 5. The number of hydrogen-bond acceptors (Lipinski definition) is 7. The van der Waals surface area contributed by atoms with E-state index >= 15 is 4.39 Å². The van der Waals surface area contributed by atoms with Crippen LogP contribution in [0.5, 0.6) is 5.75 Å². The van der Waals surface area contributed by atoms with Crippen molar-refractivity contribution < 1.29 is 19.0 Å². The Labute approximate surface area is 241 Å². The normalized spacial score (nSPS) is 15.6. The monoisotopic (exact) mass is 580 g/mol. The van der Waals surface area contributed by atoms with Crippen LogP contribution in [0.2, 0.25) is 5.02 Å². The Hall–Kier alpha value is -4.25. The minimum absolute atomic E-state index is 0.0294. The number of benzene rings is 1. The SMILES string of the molecule is COc1ccc(F)c(-c2nc3c(cc2Cl)c(N2CCN(C(=O)O)CC2C)nc(=O)n3-c2c(C)ccnc2C(C)C)c1. The molecule has 1 aliphatic rings. The molecule has 1 saturated heterocycles. The second-order valence-corrected chi connectivity index (χ2v) is 10.8. The van der Waals surface area contributed by atoms with Gasteiger partial charge in [-0.25, -0.2) is 23.5 Å². The molecule has 4 aromatic rings. The summed E-state index contributed by atoms with van der Waals surface area (Å²) in [5, 5.41) is 10.1. The van der Waals surface area contributed by atoms with Crippen LogP contribution in [0.4, 0.5) is 15.0 Å². The van der Waals surface area contributed by atoms with Crippen LogP contribution >= 0.6 is 11.6 Å². The fraction of sp³-hybridized carbons (Fsp3) is 0.345. The molecule has 12 heteroatoms. The number of halogens is 2. The number of amides is 1. The van der Waals surface area contributed by atoms with E-state index in [9.17, 15) is 14.7 Å². The van der Waals surface area contributed by atoms with E-state index in [-0.39, 0.29) is 47.0 Å². The Bertz CT molecular complexity index is 1730. The molecular weight excluding hydrogens is 551 g/mol. The van der Waals surface area contributed by atoms with Gasteiger partial charge in [-0.1, -0.05) is 25.4 Å². The van der Waals surface area contributed by atoms with Crippen molar-refractivity contribution in [3.05, 3.63) is 69.1 Å². The van der Waals surface area contributed by atoms with Gasteiger partial charge in [0, 0.05) is 37.4 Å². The average molecular weight is 581 g/mol. The molecule has 1 amide bonds. The number of pyridine rings is 2. The van der Waals surface area contributed by atoms with Gasteiger partial charge in [-0.3, -0.25) is 4.98 Å². The molecule has 1 N–H and O–H groups in total. The smallest absolute Gasteiger partial charge is 0.407 e. The Kier molecular flexibility index (Phi) is 7.56. The van der Waals surface area contributed by atoms with Crippen molar-refractivity contribution in [2.45, 2.75) is 39.7 Å². The number of hydrogen-bond donors (Lipinski definition) is 1. The minimum atomic E-state index is -1.01. The lowest BCUT2D eigenvalue weighted by Crippen LogP contribution is -2.54. The lowest BCUT2D eigenvalue weighted by Gasteiger charge is -2.39. The first kappa shape index (κ1) is 28.3. The molecule has 0 spiro atoms. The second kappa shape index (κ2) is 11.0. The van der Waals surface area contributed by atoms with Gasteiger partial charge in [0.25, 0.3) is 0 Å². The highest BCUT2D eigenvalue weighted by Gasteiger charge is 2.31. The van der Waals surface area contributed by atoms with Crippen LogP contribution < -0.4 is 15.3 Å². The van der Waals surface area contributed by atoms with E-state index in [1.165, 1.54) is 34.8 Å². The molecule has 1 atom stereocenters. The summed E-state index contributed by atoms with van der Waals surface area (Å²) in [4.78, 5) is 42.6. The van der Waals surface area contributed by atoms with Crippen molar-refractivity contribution >= 4 is 34.5 Å². The van der Waals surface area contributed by atoms with Gasteiger partial charge in [-0.15, -0.1) is 0 Å². The van der Waals surface area contributed by atoms with Crippen LogP contribution in [0.1, 0.15) is 37.9 Å². The highest BCUT2D eigenvalue weighted by atomic mass is 35.5. The predicted molar refractivity (Wildman–Crippen MR) is 155 cm³/mol. The van der Waals surface area contributed by atoms with E-state index < -0.39 is 17.6 Å². The summed E-state index contributed by atoms with van der Waals surface area (Å²) in [7, 11) is 1.48. The van der Waals surface area contributed by atoms with Crippen LogP contribution in [-0.2, 0) is 0 Å². The van der Waals surface area contributed by atoms with Crippen molar-refractivity contribution in [3.63, 3.8) is 0 Å². The van der Waals surface area contributed by atoms with Crippen molar-refractivity contribution in [1.82, 2.24) is 24.4 Å². The van der Waals surface area contributed by atoms with Crippen LogP contribution in [0, 0.1) is 12.7 Å². The molecule has 0 aliphatic carbocycles. The maximum Gasteiger partial charge on any atom is 0.407 e. The minimum Gasteiger partial charge on any atom is -0.497 e. The first-order valence-corrected chi connectivity index (χ1v) is 13.6. The number of aryl methyl sites for hydroxylation is 1. The number of piperazine rings is 1. The molecule has 0 radical (unpaired) electrons. The third kappa shape index (κ3) is 5.06. The van der Waals surface area contributed by atoms with Crippen molar-refractivity contribution in [3.8, 4) is 22.7 Å². The molecule has 4 heterocycles. The first-order valence-electron chi connectivity index (χ1n) is 13.2. The lowest BCUT2D eigenvalue weighted by molar-refractivity contribution is 0.136. The molecule has 0 bridgehead atoms. The fourth-order valence-electron chi connectivity index (χ4n) is 5.26. The molecule has 41 heavy (non-hydrogen) atoms. The van der Waals surface area contributed by atoms with E-state index in [4.69, 9.17) is 21.3 Å². The number of aromatic nitrogens is 4. The van der Waals surface area contributed by atoms with Crippen LogP contribution in [0.25, 0.3) is 28.0 Å². The predicted octanol–water partition coefficient (Wildman–Crippen LogP) is 5.26. The molecule has 1 aliphatic heterocycles. The van der Waals surface area contributed by atoms with Crippen LogP contribution in [-0.4, -0.2) is 68.4 Å². The summed E-state index contributed by atoms with van der Waals surface area (Å²) in [6.07, 6.45) is 0.682. The van der Waals surface area contributed by atoms with E-state index in [2.05, 4.69) is 9.97 Å². The number of ether oxygens (including phenoxy) is 1. The molecular formula is C29H30ClFN6O4. The third-order valence-corrected chi connectivity index (χ3v) is 7.61. The van der Waals surface area contributed by atoms with Gasteiger partial charge in [0.15, 0.2) is 5.65 Å². The Morgan fingerprint density at radius 1 is 1.20 bits per heavy atom. The summed E-state index contributed by atoms with van der Waals surface area (Å²) in [5.41, 5.74) is 1.90. The highest BCUT2D eigenvalue weighted by molar-refractivity contribution is 6.33. The van der Waals surface area contributed by atoms with Crippen LogP contribution in [0.15, 0.2) is 41.3 Å². The molecule has 1 unspecified atom stereocenters. The maximum absolute atomic E-state index is 15.1. The molecule has 5 rings (SSSR count). The molecule has 1 fully saturated rings. The summed E-state index contributed by atoms with van der Waals surface area (Å²) in [5.74, 6) is 0.167. The van der Waals surface area contributed by atoms with Gasteiger partial charge in [0.2, 0.25) is 0 Å². The van der Waals surface area contributed by atoms with Crippen LogP contribution in [0.3, 0.4) is 0 Å². The van der Waals surface area contributed by atoms with Gasteiger partial charge >= 0.3 is 11.8 Å². The quantitative estimate of drug-likeness (QED) is 0.340. The van der Waals surface area contributed by atoms with Crippen molar-refractivity contribution in [1.29, 1.82) is 0 Å². The topological polar surface area (TPSA) is 114 Å². The average Bonchev–Trinajstić information content (AvgIpc) is 2.93. The zero-order valence-electron chi connectivity index (χ0n) is 23.4. The van der Waals surface area contributed by atoms with E-state index in [1.807, 2.05) is 32.6 Å².